The van der Waals surface area contributed by atoms with E-state index in [4.69, 9.17) is 0 Å². The Morgan fingerprint density at radius 2 is 2.15 bits per heavy atom. The second-order valence-electron chi connectivity index (χ2n) is 3.46. The van der Waals surface area contributed by atoms with Crippen LogP contribution in [0.2, 0.25) is 0 Å². The normalized spacial score (nSPS) is 12.5. The zero-order valence-corrected chi connectivity index (χ0v) is 8.50. The van der Waals surface area contributed by atoms with E-state index < -0.39 is 0 Å². The number of benzene rings is 1. The molecule has 0 bridgehead atoms. The van der Waals surface area contributed by atoms with E-state index in [1.807, 2.05) is 13.0 Å². The lowest BCUT2D eigenvalue weighted by molar-refractivity contribution is -0.108. The topological polar surface area (TPSA) is 17.1 Å². The summed E-state index contributed by atoms with van der Waals surface area (Å²) in [6.07, 6.45) is 2.02. The summed E-state index contributed by atoms with van der Waals surface area (Å²) in [5.41, 5.74) is 3.77. The van der Waals surface area contributed by atoms with Crippen molar-refractivity contribution >= 4 is 6.29 Å². The van der Waals surface area contributed by atoms with Crippen LogP contribution in [0, 0.1) is 6.92 Å². The van der Waals surface area contributed by atoms with E-state index in [0.717, 1.165) is 18.3 Å². The molecule has 0 aromatic heterocycles. The molecule has 0 spiro atoms. The minimum atomic E-state index is 0.0194. The molecule has 0 saturated carbocycles. The zero-order chi connectivity index (χ0) is 9.84. The Hall–Kier alpha value is -1.11. The second kappa shape index (κ2) is 4.22. The first-order chi connectivity index (χ1) is 6.19. The van der Waals surface area contributed by atoms with Gasteiger partial charge in [-0.3, -0.25) is 0 Å². The van der Waals surface area contributed by atoms with Gasteiger partial charge in [-0.15, -0.1) is 0 Å². The molecular weight excluding hydrogens is 160 g/mol. The number of rotatable bonds is 3. The van der Waals surface area contributed by atoms with Crippen LogP contribution in [0.25, 0.3) is 0 Å². The van der Waals surface area contributed by atoms with Gasteiger partial charge >= 0.3 is 0 Å². The van der Waals surface area contributed by atoms with Gasteiger partial charge in [-0.05, 0) is 30.0 Å². The Kier molecular flexibility index (Phi) is 3.24. The lowest BCUT2D eigenvalue weighted by atomic mass is 9.96. The van der Waals surface area contributed by atoms with Crippen molar-refractivity contribution in [2.75, 3.05) is 0 Å². The molecule has 0 heterocycles. The number of hydrogen-bond donors (Lipinski definition) is 0. The quantitative estimate of drug-likeness (QED) is 0.647. The average molecular weight is 176 g/mol. The van der Waals surface area contributed by atoms with E-state index in [0.29, 0.717) is 0 Å². The highest BCUT2D eigenvalue weighted by molar-refractivity contribution is 5.61. The summed E-state index contributed by atoms with van der Waals surface area (Å²) in [7, 11) is 0. The van der Waals surface area contributed by atoms with Crippen LogP contribution in [0.4, 0.5) is 0 Å². The summed E-state index contributed by atoms with van der Waals surface area (Å²) in [5.74, 6) is 0.0194. The highest BCUT2D eigenvalue weighted by Gasteiger charge is 2.04. The summed E-state index contributed by atoms with van der Waals surface area (Å²) >= 11 is 0. The largest absolute Gasteiger partial charge is 0.303 e. The molecule has 0 aliphatic rings. The van der Waals surface area contributed by atoms with Crippen molar-refractivity contribution in [3.05, 3.63) is 34.9 Å². The molecule has 0 N–H and O–H groups in total. The molecule has 0 aliphatic heterocycles. The van der Waals surface area contributed by atoms with Crippen LogP contribution in [0.15, 0.2) is 18.2 Å². The molecule has 13 heavy (non-hydrogen) atoms. The van der Waals surface area contributed by atoms with Gasteiger partial charge in [-0.25, -0.2) is 0 Å². The maximum Gasteiger partial charge on any atom is 0.127 e. The molecule has 1 rings (SSSR count). The van der Waals surface area contributed by atoms with Gasteiger partial charge in [-0.2, -0.15) is 0 Å². The Balaban J connectivity index is 3.05. The van der Waals surface area contributed by atoms with Gasteiger partial charge in [0.25, 0.3) is 0 Å². The van der Waals surface area contributed by atoms with Crippen molar-refractivity contribution in [3.63, 3.8) is 0 Å². The maximum absolute atomic E-state index is 10.6. The molecule has 1 aromatic rings. The molecular formula is C12H16O. The first-order valence-corrected chi connectivity index (χ1v) is 4.73. The van der Waals surface area contributed by atoms with E-state index in [2.05, 4.69) is 26.0 Å². The molecule has 0 radical (unpaired) electrons. The predicted molar refractivity (Wildman–Crippen MR) is 55.0 cm³/mol. The number of carbonyl (C=O) groups is 1. The van der Waals surface area contributed by atoms with E-state index in [9.17, 15) is 4.79 Å². The van der Waals surface area contributed by atoms with E-state index >= 15 is 0 Å². The average Bonchev–Trinajstić information content (AvgIpc) is 2.17. The number of aldehydes is 1. The van der Waals surface area contributed by atoms with E-state index in [1.165, 1.54) is 11.1 Å². The lowest BCUT2D eigenvalue weighted by Gasteiger charge is -2.08. The van der Waals surface area contributed by atoms with Gasteiger partial charge in [0.2, 0.25) is 0 Å². The van der Waals surface area contributed by atoms with Gasteiger partial charge in [0, 0.05) is 5.92 Å². The minimum absolute atomic E-state index is 0.0194. The first kappa shape index (κ1) is 9.97. The van der Waals surface area contributed by atoms with E-state index in [-0.39, 0.29) is 5.92 Å². The summed E-state index contributed by atoms with van der Waals surface area (Å²) in [4.78, 5) is 10.6. The molecule has 70 valence electrons. The molecule has 1 atom stereocenters. The standard InChI is InChI=1S/C12H16O/c1-4-11-7-12(10(3)8-13)6-5-9(11)2/h5-8,10H,4H2,1-3H3. The van der Waals surface area contributed by atoms with Crippen LogP contribution in [-0.4, -0.2) is 6.29 Å². The van der Waals surface area contributed by atoms with Gasteiger partial charge in [0.15, 0.2) is 0 Å². The monoisotopic (exact) mass is 176 g/mol. The third-order valence-electron chi connectivity index (χ3n) is 2.48. The maximum atomic E-state index is 10.6. The van der Waals surface area contributed by atoms with Crippen LogP contribution in [0.5, 0.6) is 0 Å². The van der Waals surface area contributed by atoms with Crippen molar-refractivity contribution in [2.24, 2.45) is 0 Å². The Morgan fingerprint density at radius 3 is 2.69 bits per heavy atom. The number of hydrogen-bond acceptors (Lipinski definition) is 1. The summed E-state index contributed by atoms with van der Waals surface area (Å²) in [5, 5.41) is 0. The Morgan fingerprint density at radius 1 is 1.46 bits per heavy atom. The van der Waals surface area contributed by atoms with Gasteiger partial charge in [0.1, 0.15) is 6.29 Å². The van der Waals surface area contributed by atoms with Gasteiger partial charge in [-0.1, -0.05) is 32.0 Å². The number of aryl methyl sites for hydroxylation is 2. The summed E-state index contributed by atoms with van der Waals surface area (Å²) in [6.45, 7) is 6.17. The fourth-order valence-corrected chi connectivity index (χ4v) is 1.43. The molecule has 0 fully saturated rings. The summed E-state index contributed by atoms with van der Waals surface area (Å²) in [6, 6.07) is 6.26. The molecule has 1 unspecified atom stereocenters. The van der Waals surface area contributed by atoms with Crippen molar-refractivity contribution in [2.45, 2.75) is 33.1 Å². The zero-order valence-electron chi connectivity index (χ0n) is 8.50. The molecule has 1 aromatic carbocycles. The fourth-order valence-electron chi connectivity index (χ4n) is 1.43. The van der Waals surface area contributed by atoms with Crippen LogP contribution >= 0.6 is 0 Å². The fraction of sp³-hybridized carbons (Fsp3) is 0.417. The smallest absolute Gasteiger partial charge is 0.127 e. The number of carbonyl (C=O) groups excluding carboxylic acids is 1. The SMILES string of the molecule is CCc1cc(C(C)C=O)ccc1C. The molecule has 1 nitrogen and oxygen atoms in total. The van der Waals surface area contributed by atoms with Gasteiger partial charge < -0.3 is 4.79 Å². The van der Waals surface area contributed by atoms with Crippen LogP contribution in [-0.2, 0) is 11.2 Å². The highest BCUT2D eigenvalue weighted by atomic mass is 16.1. The first-order valence-electron chi connectivity index (χ1n) is 4.73. The lowest BCUT2D eigenvalue weighted by Crippen LogP contribution is -1.96. The van der Waals surface area contributed by atoms with Gasteiger partial charge in [0.05, 0.1) is 0 Å². The molecule has 0 saturated heterocycles. The van der Waals surface area contributed by atoms with Crippen molar-refractivity contribution in [1.29, 1.82) is 0 Å². The second-order valence-corrected chi connectivity index (χ2v) is 3.46. The van der Waals surface area contributed by atoms with Crippen LogP contribution in [0.3, 0.4) is 0 Å². The predicted octanol–water partition coefficient (Wildman–Crippen LogP) is 2.86. The molecule has 0 aliphatic carbocycles. The highest BCUT2D eigenvalue weighted by Crippen LogP contribution is 2.17. The molecule has 0 amide bonds. The third-order valence-corrected chi connectivity index (χ3v) is 2.48. The summed E-state index contributed by atoms with van der Waals surface area (Å²) < 4.78 is 0. The van der Waals surface area contributed by atoms with Crippen molar-refractivity contribution in [1.82, 2.24) is 0 Å². The minimum Gasteiger partial charge on any atom is -0.303 e. The third kappa shape index (κ3) is 2.18. The van der Waals surface area contributed by atoms with Crippen molar-refractivity contribution < 1.29 is 4.79 Å². The Labute approximate surface area is 79.8 Å². The van der Waals surface area contributed by atoms with Crippen LogP contribution < -0.4 is 0 Å². The molecule has 1 heteroatoms. The van der Waals surface area contributed by atoms with Crippen LogP contribution in [0.1, 0.15) is 36.5 Å². The Bertz CT molecular complexity index is 302. The van der Waals surface area contributed by atoms with E-state index in [1.54, 1.807) is 0 Å². The van der Waals surface area contributed by atoms with Crippen molar-refractivity contribution in [3.8, 4) is 0 Å².